The van der Waals surface area contributed by atoms with Crippen LogP contribution < -0.4 is 0 Å². The molecule has 11 heteroatoms. The Morgan fingerprint density at radius 3 is 1.77 bits per heavy atom. The minimum absolute atomic E-state index is 0.332. The van der Waals surface area contributed by atoms with Crippen molar-refractivity contribution in [2.75, 3.05) is 0 Å². The number of alkyl halides is 6. The Morgan fingerprint density at radius 2 is 1.26 bits per heavy atom. The molecule has 0 aliphatic heterocycles. The minimum Gasteiger partial charge on any atom is -0.741 e. The van der Waals surface area contributed by atoms with Gasteiger partial charge in [-0.1, -0.05) is 42.5 Å². The molecule has 0 amide bonds. The van der Waals surface area contributed by atoms with E-state index in [4.69, 9.17) is 13.0 Å². The normalized spacial score (nSPS) is 13.6. The Labute approximate surface area is 177 Å². The van der Waals surface area contributed by atoms with Crippen molar-refractivity contribution in [3.05, 3.63) is 84.3 Å². The van der Waals surface area contributed by atoms with Crippen LogP contribution in [0.2, 0.25) is 0 Å². The smallest absolute Gasteiger partial charge is 0.485 e. The third-order valence-electron chi connectivity index (χ3n) is 3.65. The summed E-state index contributed by atoms with van der Waals surface area (Å²) in [5.41, 5.74) is -5.65. The molecule has 0 aromatic heterocycles. The quantitative estimate of drug-likeness (QED) is 0.200. The van der Waals surface area contributed by atoms with Crippen LogP contribution in [0, 0.1) is 0 Å². The Bertz CT molecular complexity index is 1140. The first-order valence-corrected chi connectivity index (χ1v) is 11.0. The van der Waals surface area contributed by atoms with E-state index in [0.29, 0.717) is 6.08 Å². The van der Waals surface area contributed by atoms with Crippen molar-refractivity contribution >= 4 is 31.8 Å². The second kappa shape index (κ2) is 9.75. The lowest BCUT2D eigenvalue weighted by Gasteiger charge is -2.08. The molecule has 31 heavy (non-hydrogen) atoms. The molecule has 3 rings (SSSR count). The van der Waals surface area contributed by atoms with Crippen molar-refractivity contribution in [2.24, 2.45) is 0 Å². The standard InChI is InChI=1S/C19H14F3S.CHF3O3S/c20-19(21,22)12-13-23(17-8-2-1-3-9-17)18-11-10-15-6-4-5-7-16(15)14-18;2-1(3,4)8(5,6)7/h1-14H;(H,5,6,7)/q+1;/p-1. The van der Waals surface area contributed by atoms with Crippen molar-refractivity contribution in [2.45, 2.75) is 21.5 Å². The second-order valence-corrected chi connectivity index (χ2v) is 9.17. The predicted octanol–water partition coefficient (Wildman–Crippen LogP) is 6.00. The van der Waals surface area contributed by atoms with Gasteiger partial charge >= 0.3 is 11.7 Å². The molecule has 0 N–H and O–H groups in total. The van der Waals surface area contributed by atoms with E-state index in [1.165, 1.54) is 5.41 Å². The van der Waals surface area contributed by atoms with Crippen molar-refractivity contribution in [1.82, 2.24) is 0 Å². The molecule has 0 spiro atoms. The van der Waals surface area contributed by atoms with E-state index in [2.05, 4.69) is 0 Å². The molecule has 0 radical (unpaired) electrons. The topological polar surface area (TPSA) is 57.2 Å². The third-order valence-corrected chi connectivity index (χ3v) is 6.17. The molecule has 166 valence electrons. The summed E-state index contributed by atoms with van der Waals surface area (Å²) >= 11 is 0. The maximum absolute atomic E-state index is 12.6. The second-order valence-electron chi connectivity index (χ2n) is 5.90. The zero-order valence-electron chi connectivity index (χ0n) is 15.4. The molecule has 3 nitrogen and oxygen atoms in total. The largest absolute Gasteiger partial charge is 0.741 e. The number of rotatable bonds is 3. The molecule has 1 unspecified atom stereocenters. The van der Waals surface area contributed by atoms with Crippen LogP contribution in [0.4, 0.5) is 26.3 Å². The Kier molecular flexibility index (Phi) is 7.79. The summed E-state index contributed by atoms with van der Waals surface area (Å²) in [5, 5.41) is 3.35. The predicted molar refractivity (Wildman–Crippen MR) is 105 cm³/mol. The van der Waals surface area contributed by atoms with Crippen molar-refractivity contribution in [3.63, 3.8) is 0 Å². The average molecular weight is 480 g/mol. The van der Waals surface area contributed by atoms with Gasteiger partial charge in [0.2, 0.25) is 0 Å². The first-order chi connectivity index (χ1) is 14.3. The van der Waals surface area contributed by atoms with E-state index in [1.54, 1.807) is 0 Å². The van der Waals surface area contributed by atoms with E-state index in [9.17, 15) is 26.3 Å². The highest BCUT2D eigenvalue weighted by Crippen LogP contribution is 2.29. The molecule has 3 aromatic rings. The molecule has 0 fully saturated rings. The number of halogens is 6. The van der Waals surface area contributed by atoms with Crippen LogP contribution >= 0.6 is 0 Å². The third kappa shape index (κ3) is 7.60. The Hall–Kier alpha value is -2.50. The first kappa shape index (κ1) is 24.8. The fraction of sp³-hybridized carbons (Fsp3) is 0.100. The van der Waals surface area contributed by atoms with Gasteiger partial charge in [0.15, 0.2) is 19.9 Å². The molecule has 0 aliphatic rings. The highest BCUT2D eigenvalue weighted by atomic mass is 32.2. The fourth-order valence-electron chi connectivity index (χ4n) is 2.31. The van der Waals surface area contributed by atoms with Gasteiger partial charge < -0.3 is 4.55 Å². The highest BCUT2D eigenvalue weighted by molar-refractivity contribution is 7.99. The van der Waals surface area contributed by atoms with Crippen molar-refractivity contribution < 1.29 is 39.3 Å². The molecule has 0 bridgehead atoms. The number of hydrogen-bond acceptors (Lipinski definition) is 3. The van der Waals surface area contributed by atoms with Crippen LogP contribution in [0.3, 0.4) is 0 Å². The van der Waals surface area contributed by atoms with Gasteiger partial charge in [-0.25, -0.2) is 8.42 Å². The van der Waals surface area contributed by atoms with E-state index in [1.807, 2.05) is 72.8 Å². The van der Waals surface area contributed by atoms with Crippen LogP contribution in [0.5, 0.6) is 0 Å². The lowest BCUT2D eigenvalue weighted by molar-refractivity contribution is -0.0796. The highest BCUT2D eigenvalue weighted by Gasteiger charge is 2.37. The molecule has 3 aromatic carbocycles. The molecule has 0 saturated carbocycles. The van der Waals surface area contributed by atoms with Crippen molar-refractivity contribution in [3.8, 4) is 0 Å². The number of benzene rings is 3. The summed E-state index contributed by atoms with van der Waals surface area (Å²) in [6.45, 7) is 0. The van der Waals surface area contributed by atoms with Gasteiger partial charge in [-0.05, 0) is 35.0 Å². The van der Waals surface area contributed by atoms with Gasteiger partial charge in [-0.2, -0.15) is 26.3 Å². The van der Waals surface area contributed by atoms with Gasteiger partial charge in [0.1, 0.15) is 5.41 Å². The first-order valence-electron chi connectivity index (χ1n) is 8.33. The summed E-state index contributed by atoms with van der Waals surface area (Å²) in [6.07, 6.45) is -3.98. The lowest BCUT2D eigenvalue weighted by Crippen LogP contribution is -2.21. The van der Waals surface area contributed by atoms with Gasteiger partial charge in [0.05, 0.1) is 17.0 Å². The van der Waals surface area contributed by atoms with Gasteiger partial charge in [-0.15, -0.1) is 0 Å². The molecule has 0 heterocycles. The average Bonchev–Trinajstić information content (AvgIpc) is 2.67. The number of allylic oxidation sites excluding steroid dienone is 1. The fourth-order valence-corrected chi connectivity index (χ4v) is 4.11. The van der Waals surface area contributed by atoms with E-state index in [-0.39, 0.29) is 0 Å². The molecular weight excluding hydrogens is 466 g/mol. The van der Waals surface area contributed by atoms with Crippen LogP contribution in [0.25, 0.3) is 10.8 Å². The SMILES string of the molecule is FC(F)(F)C=C[S+](c1ccccc1)c1ccc2ccccc2c1.O=S(=O)([O-])C(F)(F)F. The van der Waals surface area contributed by atoms with E-state index in [0.717, 1.165) is 20.6 Å². The van der Waals surface area contributed by atoms with Crippen LogP contribution in [-0.2, 0) is 21.0 Å². The maximum atomic E-state index is 12.6. The molecular formula is C20H14F6O3S2. The summed E-state index contributed by atoms with van der Waals surface area (Å²) in [7, 11) is -6.84. The summed E-state index contributed by atoms with van der Waals surface area (Å²) in [4.78, 5) is 1.73. The van der Waals surface area contributed by atoms with E-state index >= 15 is 0 Å². The monoisotopic (exact) mass is 480 g/mol. The minimum atomic E-state index is -6.09. The number of fused-ring (bicyclic) bond motifs is 1. The summed E-state index contributed by atoms with van der Waals surface area (Å²) in [5.74, 6) is 0. The van der Waals surface area contributed by atoms with Gasteiger partial charge in [-0.3, -0.25) is 0 Å². The van der Waals surface area contributed by atoms with Gasteiger partial charge in [0.25, 0.3) is 0 Å². The van der Waals surface area contributed by atoms with Crippen LogP contribution in [0.1, 0.15) is 0 Å². The van der Waals surface area contributed by atoms with E-state index < -0.39 is 32.7 Å². The Morgan fingerprint density at radius 1 is 0.742 bits per heavy atom. The number of hydrogen-bond donors (Lipinski definition) is 0. The Balaban J connectivity index is 0.000000366. The van der Waals surface area contributed by atoms with Crippen LogP contribution in [0.15, 0.2) is 94.1 Å². The molecule has 1 atom stereocenters. The van der Waals surface area contributed by atoms with Crippen LogP contribution in [-0.4, -0.2) is 24.7 Å². The zero-order chi connectivity index (χ0) is 23.3. The summed E-state index contributed by atoms with van der Waals surface area (Å²) in [6, 6.07) is 22.9. The summed E-state index contributed by atoms with van der Waals surface area (Å²) < 4.78 is 96.8. The van der Waals surface area contributed by atoms with Crippen molar-refractivity contribution in [1.29, 1.82) is 0 Å². The molecule has 0 aliphatic carbocycles. The van der Waals surface area contributed by atoms with Gasteiger partial charge in [0, 0.05) is 6.07 Å². The zero-order valence-corrected chi connectivity index (χ0v) is 17.0. The molecule has 0 saturated heterocycles. The lowest BCUT2D eigenvalue weighted by atomic mass is 10.1. The maximum Gasteiger partial charge on any atom is 0.485 e.